The van der Waals surface area contributed by atoms with Crippen LogP contribution < -0.4 is 5.32 Å². The van der Waals surface area contributed by atoms with E-state index in [4.69, 9.17) is 0 Å². The Morgan fingerprint density at radius 2 is 1.86 bits per heavy atom. The summed E-state index contributed by atoms with van der Waals surface area (Å²) >= 11 is 0. The maximum atomic E-state index is 3.77. The molecular weight excluding hydrogens is 172 g/mol. The van der Waals surface area contributed by atoms with Crippen molar-refractivity contribution in [1.82, 2.24) is 10.2 Å². The van der Waals surface area contributed by atoms with Gasteiger partial charge < -0.3 is 5.32 Å². The summed E-state index contributed by atoms with van der Waals surface area (Å²) in [6, 6.07) is 2.33. The van der Waals surface area contributed by atoms with E-state index in [1.807, 2.05) is 0 Å². The molecule has 0 aromatic rings. The molecule has 0 aromatic carbocycles. The van der Waals surface area contributed by atoms with Crippen LogP contribution in [0.25, 0.3) is 0 Å². The maximum absolute atomic E-state index is 3.77. The molecule has 0 spiro atoms. The van der Waals surface area contributed by atoms with Crippen LogP contribution in [0.3, 0.4) is 0 Å². The summed E-state index contributed by atoms with van der Waals surface area (Å²) in [5.41, 5.74) is 0. The summed E-state index contributed by atoms with van der Waals surface area (Å²) < 4.78 is 0. The van der Waals surface area contributed by atoms with Gasteiger partial charge in [0, 0.05) is 31.2 Å². The van der Waals surface area contributed by atoms with Gasteiger partial charge in [-0.15, -0.1) is 0 Å². The third kappa shape index (κ3) is 2.71. The summed E-state index contributed by atoms with van der Waals surface area (Å²) in [6.07, 6.45) is 4.19. The second-order valence-corrected chi connectivity index (χ2v) is 5.53. The Balaban J connectivity index is 1.84. The second-order valence-electron chi connectivity index (χ2n) is 5.53. The first kappa shape index (κ1) is 10.4. The number of nitrogens with one attached hydrogen (secondary N) is 1. The van der Waals surface area contributed by atoms with E-state index < -0.39 is 0 Å². The first-order chi connectivity index (χ1) is 6.65. The first-order valence-electron chi connectivity index (χ1n) is 6.15. The van der Waals surface area contributed by atoms with Crippen LogP contribution in [0.2, 0.25) is 0 Å². The Bertz CT molecular complexity index is 185. The molecule has 1 heterocycles. The summed E-state index contributed by atoms with van der Waals surface area (Å²) in [4.78, 5) is 2.62. The highest BCUT2D eigenvalue weighted by Crippen LogP contribution is 2.24. The van der Waals surface area contributed by atoms with Gasteiger partial charge in [-0.2, -0.15) is 0 Å². The van der Waals surface area contributed by atoms with Gasteiger partial charge in [0.15, 0.2) is 0 Å². The van der Waals surface area contributed by atoms with Crippen molar-refractivity contribution in [1.29, 1.82) is 0 Å². The molecule has 0 radical (unpaired) electrons. The monoisotopic (exact) mass is 196 g/mol. The van der Waals surface area contributed by atoms with Gasteiger partial charge in [-0.05, 0) is 39.0 Å². The van der Waals surface area contributed by atoms with Crippen LogP contribution in [0.5, 0.6) is 0 Å². The van der Waals surface area contributed by atoms with E-state index in [1.54, 1.807) is 0 Å². The van der Waals surface area contributed by atoms with Crippen LogP contribution >= 0.6 is 0 Å². The number of likely N-dealkylation sites (tertiary alicyclic amines) is 1. The zero-order valence-electron chi connectivity index (χ0n) is 9.79. The molecular formula is C12H24N2. The molecule has 1 saturated carbocycles. The molecule has 2 aliphatic rings. The molecule has 2 fully saturated rings. The Morgan fingerprint density at radius 1 is 1.14 bits per heavy atom. The summed E-state index contributed by atoms with van der Waals surface area (Å²) in [5, 5.41) is 3.77. The molecule has 14 heavy (non-hydrogen) atoms. The Kier molecular flexibility index (Phi) is 3.13. The van der Waals surface area contributed by atoms with Crippen LogP contribution in [-0.2, 0) is 0 Å². The lowest BCUT2D eigenvalue weighted by atomic mass is 9.95. The predicted octanol–water partition coefficient (Wildman–Crippen LogP) is 1.86. The number of nitrogens with zero attached hydrogens (tertiary/aromatic N) is 1. The standard InChI is InChI=1S/C12H24N2/c1-9(2)14-7-10(3)6-12(8-14)13-11-4-5-11/h9-13H,4-8H2,1-3H3. The van der Waals surface area contributed by atoms with E-state index in [1.165, 1.54) is 32.4 Å². The van der Waals surface area contributed by atoms with Gasteiger partial charge in [-0.25, -0.2) is 0 Å². The molecule has 1 saturated heterocycles. The number of hydrogen-bond acceptors (Lipinski definition) is 2. The second kappa shape index (κ2) is 4.19. The van der Waals surface area contributed by atoms with Gasteiger partial charge in [0.25, 0.3) is 0 Å². The van der Waals surface area contributed by atoms with Crippen molar-refractivity contribution in [3.63, 3.8) is 0 Å². The molecule has 1 aliphatic carbocycles. The van der Waals surface area contributed by atoms with Crippen molar-refractivity contribution in [3.8, 4) is 0 Å². The van der Waals surface area contributed by atoms with E-state index in [2.05, 4.69) is 31.0 Å². The predicted molar refractivity (Wildman–Crippen MR) is 60.4 cm³/mol. The van der Waals surface area contributed by atoms with E-state index >= 15 is 0 Å². The van der Waals surface area contributed by atoms with Gasteiger partial charge in [0.1, 0.15) is 0 Å². The lowest BCUT2D eigenvalue weighted by Crippen LogP contribution is -2.51. The van der Waals surface area contributed by atoms with Crippen LogP contribution in [-0.4, -0.2) is 36.1 Å². The molecule has 0 amide bonds. The minimum Gasteiger partial charge on any atom is -0.310 e. The van der Waals surface area contributed by atoms with Crippen LogP contribution in [0.4, 0.5) is 0 Å². The Labute approximate surface area is 88.1 Å². The molecule has 1 N–H and O–H groups in total. The van der Waals surface area contributed by atoms with Gasteiger partial charge >= 0.3 is 0 Å². The van der Waals surface area contributed by atoms with Gasteiger partial charge in [0.2, 0.25) is 0 Å². The summed E-state index contributed by atoms with van der Waals surface area (Å²) in [7, 11) is 0. The van der Waals surface area contributed by atoms with Crippen LogP contribution in [0.1, 0.15) is 40.0 Å². The third-order valence-corrected chi connectivity index (χ3v) is 3.47. The topological polar surface area (TPSA) is 15.3 Å². The molecule has 82 valence electrons. The van der Waals surface area contributed by atoms with Crippen molar-refractivity contribution in [3.05, 3.63) is 0 Å². The highest BCUT2D eigenvalue weighted by Gasteiger charge is 2.30. The highest BCUT2D eigenvalue weighted by atomic mass is 15.2. The molecule has 2 unspecified atom stereocenters. The van der Waals surface area contributed by atoms with Crippen molar-refractivity contribution in [2.75, 3.05) is 13.1 Å². The van der Waals surface area contributed by atoms with Gasteiger partial charge in [-0.1, -0.05) is 6.92 Å². The fourth-order valence-electron chi connectivity index (χ4n) is 2.52. The van der Waals surface area contributed by atoms with E-state index in [-0.39, 0.29) is 0 Å². The molecule has 0 aromatic heterocycles. The van der Waals surface area contributed by atoms with Crippen molar-refractivity contribution in [2.45, 2.75) is 58.2 Å². The molecule has 0 bridgehead atoms. The minimum absolute atomic E-state index is 0.709. The Morgan fingerprint density at radius 3 is 2.43 bits per heavy atom. The molecule has 1 aliphatic heterocycles. The fourth-order valence-corrected chi connectivity index (χ4v) is 2.52. The minimum atomic E-state index is 0.709. The Hall–Kier alpha value is -0.0800. The normalized spacial score (nSPS) is 35.1. The lowest BCUT2D eigenvalue weighted by Gasteiger charge is -2.39. The summed E-state index contributed by atoms with van der Waals surface area (Å²) in [6.45, 7) is 9.56. The van der Waals surface area contributed by atoms with Crippen LogP contribution in [0.15, 0.2) is 0 Å². The van der Waals surface area contributed by atoms with Crippen LogP contribution in [0, 0.1) is 5.92 Å². The SMILES string of the molecule is CC1CC(NC2CC2)CN(C(C)C)C1. The smallest absolute Gasteiger partial charge is 0.0200 e. The van der Waals surface area contributed by atoms with Crippen molar-refractivity contribution < 1.29 is 0 Å². The first-order valence-corrected chi connectivity index (χ1v) is 6.15. The number of hydrogen-bond donors (Lipinski definition) is 1. The van der Waals surface area contributed by atoms with Crippen molar-refractivity contribution >= 4 is 0 Å². The maximum Gasteiger partial charge on any atom is 0.0200 e. The molecule has 2 atom stereocenters. The highest BCUT2D eigenvalue weighted by molar-refractivity contribution is 4.90. The fraction of sp³-hybridized carbons (Fsp3) is 1.00. The van der Waals surface area contributed by atoms with E-state index in [0.717, 1.165) is 18.0 Å². The molecule has 2 heteroatoms. The number of piperidine rings is 1. The van der Waals surface area contributed by atoms with Gasteiger partial charge in [-0.3, -0.25) is 4.90 Å². The van der Waals surface area contributed by atoms with E-state index in [0.29, 0.717) is 6.04 Å². The van der Waals surface area contributed by atoms with E-state index in [9.17, 15) is 0 Å². The quantitative estimate of drug-likeness (QED) is 0.741. The zero-order chi connectivity index (χ0) is 10.1. The third-order valence-electron chi connectivity index (χ3n) is 3.47. The van der Waals surface area contributed by atoms with Crippen molar-refractivity contribution in [2.24, 2.45) is 5.92 Å². The number of rotatable bonds is 3. The summed E-state index contributed by atoms with van der Waals surface area (Å²) in [5.74, 6) is 0.863. The average molecular weight is 196 g/mol. The lowest BCUT2D eigenvalue weighted by molar-refractivity contribution is 0.118. The molecule has 2 rings (SSSR count). The zero-order valence-corrected chi connectivity index (χ0v) is 9.79. The largest absolute Gasteiger partial charge is 0.310 e. The average Bonchev–Trinajstić information content (AvgIpc) is 2.87. The molecule has 2 nitrogen and oxygen atoms in total. The van der Waals surface area contributed by atoms with Gasteiger partial charge in [0.05, 0.1) is 0 Å².